The van der Waals surface area contributed by atoms with Gasteiger partial charge in [0, 0.05) is 13.1 Å². The zero-order valence-corrected chi connectivity index (χ0v) is 18.9. The lowest BCUT2D eigenvalue weighted by atomic mass is 10.1. The molecule has 0 saturated carbocycles. The zero-order chi connectivity index (χ0) is 22.0. The van der Waals surface area contributed by atoms with Gasteiger partial charge >= 0.3 is 0 Å². The first-order valence-corrected chi connectivity index (χ1v) is 12.1. The van der Waals surface area contributed by atoms with E-state index in [9.17, 15) is 13.2 Å². The summed E-state index contributed by atoms with van der Waals surface area (Å²) in [5.74, 6) is 0.390. The number of amides is 1. The molecule has 0 spiro atoms. The number of carbonyl (C=O) groups is 1. The number of aromatic nitrogens is 1. The van der Waals surface area contributed by atoms with Gasteiger partial charge in [0.1, 0.15) is 0 Å². The van der Waals surface area contributed by atoms with Crippen LogP contribution >= 0.6 is 11.3 Å². The van der Waals surface area contributed by atoms with Crippen molar-refractivity contribution in [3.63, 3.8) is 0 Å². The van der Waals surface area contributed by atoms with Gasteiger partial charge in [-0.15, -0.1) is 0 Å². The molecule has 1 fully saturated rings. The number of rotatable bonds is 6. The van der Waals surface area contributed by atoms with Gasteiger partial charge in [0.05, 0.1) is 34.9 Å². The van der Waals surface area contributed by atoms with Gasteiger partial charge < -0.3 is 9.47 Å². The van der Waals surface area contributed by atoms with Crippen molar-refractivity contribution in [1.82, 2.24) is 9.29 Å². The maximum Gasteiger partial charge on any atom is 0.261 e. The zero-order valence-electron chi connectivity index (χ0n) is 17.3. The summed E-state index contributed by atoms with van der Waals surface area (Å²) in [6.07, 6.45) is 2.82. The smallest absolute Gasteiger partial charge is 0.261 e. The minimum atomic E-state index is -3.53. The van der Waals surface area contributed by atoms with Crippen LogP contribution in [0.25, 0.3) is 10.2 Å². The standard InChI is InChI=1S/C21H23N3O5S2/c1-28-17-8-6-7-15(19(17)29-2)20(25)23-21-22-16-10-9-14(13-18(16)30-21)31(26,27)24-11-4-3-5-12-24/h6-10,13H,3-5,11-12H2,1-2H3,(H,22,23,25). The van der Waals surface area contributed by atoms with Gasteiger partial charge in [0.25, 0.3) is 5.91 Å². The number of methoxy groups -OCH3 is 2. The Morgan fingerprint density at radius 3 is 2.58 bits per heavy atom. The number of benzene rings is 2. The molecule has 1 aromatic heterocycles. The average Bonchev–Trinajstić information content (AvgIpc) is 3.20. The number of carbonyl (C=O) groups excluding carboxylic acids is 1. The van der Waals surface area contributed by atoms with Crippen molar-refractivity contribution in [1.29, 1.82) is 0 Å². The number of thiazole rings is 1. The Hall–Kier alpha value is -2.69. The van der Waals surface area contributed by atoms with E-state index in [1.54, 1.807) is 36.4 Å². The van der Waals surface area contributed by atoms with E-state index >= 15 is 0 Å². The molecule has 1 aliphatic rings. The van der Waals surface area contributed by atoms with Crippen molar-refractivity contribution in [2.75, 3.05) is 32.6 Å². The first-order chi connectivity index (χ1) is 14.9. The third kappa shape index (κ3) is 4.23. The van der Waals surface area contributed by atoms with Crippen molar-refractivity contribution in [3.05, 3.63) is 42.0 Å². The lowest BCUT2D eigenvalue weighted by Gasteiger charge is -2.25. The highest BCUT2D eigenvalue weighted by Crippen LogP contribution is 2.33. The van der Waals surface area contributed by atoms with Crippen LogP contribution in [-0.4, -0.2) is 50.9 Å². The molecular formula is C21H23N3O5S2. The highest BCUT2D eigenvalue weighted by Gasteiger charge is 2.26. The quantitative estimate of drug-likeness (QED) is 0.601. The van der Waals surface area contributed by atoms with Crippen molar-refractivity contribution in [2.45, 2.75) is 24.2 Å². The number of piperidine rings is 1. The van der Waals surface area contributed by atoms with Gasteiger partial charge in [-0.25, -0.2) is 13.4 Å². The van der Waals surface area contributed by atoms with Crippen molar-refractivity contribution < 1.29 is 22.7 Å². The lowest BCUT2D eigenvalue weighted by Crippen LogP contribution is -2.35. The average molecular weight is 462 g/mol. The van der Waals surface area contributed by atoms with Crippen LogP contribution in [0, 0.1) is 0 Å². The molecule has 2 heterocycles. The SMILES string of the molecule is COc1cccc(C(=O)Nc2nc3ccc(S(=O)(=O)N4CCCCC4)cc3s2)c1OC. The fraction of sp³-hybridized carbons (Fsp3) is 0.333. The molecule has 4 rings (SSSR count). The lowest BCUT2D eigenvalue weighted by molar-refractivity contribution is 0.102. The van der Waals surface area contributed by atoms with Crippen LogP contribution in [0.3, 0.4) is 0 Å². The minimum Gasteiger partial charge on any atom is -0.493 e. The molecule has 3 aromatic rings. The maximum absolute atomic E-state index is 12.9. The van der Waals surface area contributed by atoms with E-state index in [2.05, 4.69) is 10.3 Å². The summed E-state index contributed by atoms with van der Waals surface area (Å²) in [6.45, 7) is 1.10. The molecule has 0 unspecified atom stereocenters. The predicted molar refractivity (Wildman–Crippen MR) is 120 cm³/mol. The number of para-hydroxylation sites is 1. The summed E-state index contributed by atoms with van der Waals surface area (Å²) >= 11 is 1.22. The Balaban J connectivity index is 1.60. The van der Waals surface area contributed by atoms with E-state index < -0.39 is 15.9 Å². The predicted octanol–water partition coefficient (Wildman–Crippen LogP) is 3.74. The third-order valence-electron chi connectivity index (χ3n) is 5.18. The topological polar surface area (TPSA) is 97.8 Å². The summed E-state index contributed by atoms with van der Waals surface area (Å²) in [5, 5.41) is 3.14. The molecule has 10 heteroatoms. The normalized spacial score (nSPS) is 15.0. The summed E-state index contributed by atoms with van der Waals surface area (Å²) in [7, 11) is -0.561. The second kappa shape index (κ2) is 8.81. The van der Waals surface area contributed by atoms with E-state index in [0.717, 1.165) is 19.3 Å². The highest BCUT2D eigenvalue weighted by atomic mass is 32.2. The highest BCUT2D eigenvalue weighted by molar-refractivity contribution is 7.89. The largest absolute Gasteiger partial charge is 0.493 e. The van der Waals surface area contributed by atoms with E-state index in [1.807, 2.05) is 0 Å². The number of hydrogen-bond donors (Lipinski definition) is 1. The molecule has 1 amide bonds. The van der Waals surface area contributed by atoms with Gasteiger partial charge in [-0.2, -0.15) is 4.31 Å². The van der Waals surface area contributed by atoms with Crippen LogP contribution in [0.4, 0.5) is 5.13 Å². The summed E-state index contributed by atoms with van der Waals surface area (Å²) < 4.78 is 38.7. The molecular weight excluding hydrogens is 438 g/mol. The second-order valence-electron chi connectivity index (χ2n) is 7.11. The summed E-state index contributed by atoms with van der Waals surface area (Å²) in [4.78, 5) is 17.5. The molecule has 0 aliphatic carbocycles. The number of nitrogens with zero attached hydrogens (tertiary/aromatic N) is 2. The van der Waals surface area contributed by atoms with Gasteiger partial charge in [-0.3, -0.25) is 10.1 Å². The molecule has 0 bridgehead atoms. The van der Waals surface area contributed by atoms with Gasteiger partial charge in [0.2, 0.25) is 10.0 Å². The van der Waals surface area contributed by atoms with Crippen LogP contribution < -0.4 is 14.8 Å². The first kappa shape index (κ1) is 21.5. The van der Waals surface area contributed by atoms with Gasteiger partial charge in [-0.05, 0) is 43.2 Å². The Morgan fingerprint density at radius 2 is 1.87 bits per heavy atom. The molecule has 0 atom stereocenters. The van der Waals surface area contributed by atoms with Gasteiger partial charge in [0.15, 0.2) is 16.6 Å². The molecule has 1 saturated heterocycles. The fourth-order valence-electron chi connectivity index (χ4n) is 3.60. The van der Waals surface area contributed by atoms with Crippen molar-refractivity contribution >= 4 is 42.6 Å². The Bertz CT molecular complexity index is 1220. The number of ether oxygens (including phenoxy) is 2. The Kier molecular flexibility index (Phi) is 6.12. The molecule has 8 nitrogen and oxygen atoms in total. The first-order valence-electron chi connectivity index (χ1n) is 9.87. The number of fused-ring (bicyclic) bond motifs is 1. The van der Waals surface area contributed by atoms with E-state index in [4.69, 9.17) is 9.47 Å². The van der Waals surface area contributed by atoms with E-state index in [-0.39, 0.29) is 4.90 Å². The van der Waals surface area contributed by atoms with Gasteiger partial charge in [-0.1, -0.05) is 23.8 Å². The molecule has 164 valence electrons. The summed E-state index contributed by atoms with van der Waals surface area (Å²) in [6, 6.07) is 9.91. The fourth-order valence-corrected chi connectivity index (χ4v) is 6.12. The summed E-state index contributed by atoms with van der Waals surface area (Å²) in [5.41, 5.74) is 0.935. The molecule has 1 N–H and O–H groups in total. The Labute approximate surface area is 184 Å². The van der Waals surface area contributed by atoms with Crippen LogP contribution in [0.5, 0.6) is 11.5 Å². The number of sulfonamides is 1. The van der Waals surface area contributed by atoms with E-state index in [1.165, 1.54) is 29.9 Å². The minimum absolute atomic E-state index is 0.248. The van der Waals surface area contributed by atoms with Crippen LogP contribution in [0.15, 0.2) is 41.3 Å². The van der Waals surface area contributed by atoms with Crippen LogP contribution in [-0.2, 0) is 10.0 Å². The number of hydrogen-bond acceptors (Lipinski definition) is 7. The monoisotopic (exact) mass is 461 g/mol. The molecule has 31 heavy (non-hydrogen) atoms. The van der Waals surface area contributed by atoms with Crippen LogP contribution in [0.2, 0.25) is 0 Å². The van der Waals surface area contributed by atoms with E-state index in [0.29, 0.717) is 45.5 Å². The maximum atomic E-state index is 12.9. The Morgan fingerprint density at radius 1 is 1.10 bits per heavy atom. The number of nitrogens with one attached hydrogen (secondary N) is 1. The molecule has 1 aliphatic heterocycles. The van der Waals surface area contributed by atoms with Crippen molar-refractivity contribution in [3.8, 4) is 11.5 Å². The van der Waals surface area contributed by atoms with Crippen molar-refractivity contribution in [2.24, 2.45) is 0 Å². The second-order valence-corrected chi connectivity index (χ2v) is 10.1. The van der Waals surface area contributed by atoms with Crippen LogP contribution in [0.1, 0.15) is 29.6 Å². The number of anilines is 1. The third-order valence-corrected chi connectivity index (χ3v) is 8.01. The molecule has 2 aromatic carbocycles. The molecule has 0 radical (unpaired) electrons.